The van der Waals surface area contributed by atoms with Crippen molar-refractivity contribution in [3.63, 3.8) is 0 Å². The summed E-state index contributed by atoms with van der Waals surface area (Å²) >= 11 is 0. The van der Waals surface area contributed by atoms with Crippen LogP contribution < -0.4 is 5.32 Å². The van der Waals surface area contributed by atoms with Crippen LogP contribution in [-0.4, -0.2) is 19.2 Å². The summed E-state index contributed by atoms with van der Waals surface area (Å²) in [4.78, 5) is 0. The predicted octanol–water partition coefficient (Wildman–Crippen LogP) is 3.54. The lowest BCUT2D eigenvalue weighted by atomic mass is 10.1. The molecule has 0 aromatic heterocycles. The van der Waals surface area contributed by atoms with Crippen LogP contribution in [-0.2, 0) is 4.74 Å². The van der Waals surface area contributed by atoms with Gasteiger partial charge in [-0.15, -0.1) is 0 Å². The number of likely N-dealkylation sites (N-methyl/N-ethyl adjacent to an activating group) is 1. The molecule has 2 atom stereocenters. The van der Waals surface area contributed by atoms with Crippen molar-refractivity contribution < 1.29 is 9.13 Å². The number of rotatable bonds is 7. The number of nitrogens with one attached hydrogen (secondary N) is 1. The van der Waals surface area contributed by atoms with Gasteiger partial charge in [-0.2, -0.15) is 0 Å². The topological polar surface area (TPSA) is 21.3 Å². The molecule has 18 heavy (non-hydrogen) atoms. The lowest BCUT2D eigenvalue weighted by Crippen LogP contribution is -2.27. The number of hydrogen-bond donors (Lipinski definition) is 1. The average Bonchev–Trinajstić information content (AvgIpc) is 2.35. The molecule has 0 aliphatic heterocycles. The molecule has 1 aromatic rings. The Bertz CT molecular complexity index is 337. The van der Waals surface area contributed by atoms with Gasteiger partial charge in [0.1, 0.15) is 5.82 Å². The fourth-order valence-electron chi connectivity index (χ4n) is 1.61. The van der Waals surface area contributed by atoms with E-state index in [1.54, 1.807) is 12.1 Å². The minimum absolute atomic E-state index is 0.0250. The molecule has 1 rings (SSSR count). The van der Waals surface area contributed by atoms with Gasteiger partial charge in [0.25, 0.3) is 0 Å². The number of ether oxygens (including phenoxy) is 1. The van der Waals surface area contributed by atoms with Crippen LogP contribution in [0.15, 0.2) is 24.3 Å². The first kappa shape index (κ1) is 15.1. The van der Waals surface area contributed by atoms with Gasteiger partial charge in [0, 0.05) is 6.54 Å². The molecule has 1 N–H and O–H groups in total. The Labute approximate surface area is 110 Å². The molecule has 1 aromatic carbocycles. The smallest absolute Gasteiger partial charge is 0.123 e. The highest BCUT2D eigenvalue weighted by Crippen LogP contribution is 2.21. The Balaban J connectivity index is 2.73. The summed E-state index contributed by atoms with van der Waals surface area (Å²) in [6.45, 7) is 10.1. The molecule has 3 heteroatoms. The molecule has 2 unspecified atom stereocenters. The highest BCUT2D eigenvalue weighted by atomic mass is 19.1. The summed E-state index contributed by atoms with van der Waals surface area (Å²) in [5.41, 5.74) is 1.02. The quantitative estimate of drug-likeness (QED) is 0.802. The lowest BCUT2D eigenvalue weighted by Gasteiger charge is -2.25. The third-order valence-corrected chi connectivity index (χ3v) is 3.14. The van der Waals surface area contributed by atoms with E-state index in [1.165, 1.54) is 12.1 Å². The third kappa shape index (κ3) is 4.75. The first-order valence-corrected chi connectivity index (χ1v) is 6.66. The van der Waals surface area contributed by atoms with Gasteiger partial charge in [0.2, 0.25) is 0 Å². The second-order valence-electron chi connectivity index (χ2n) is 4.93. The molecule has 0 heterocycles. The number of hydrogen-bond acceptors (Lipinski definition) is 2. The predicted molar refractivity (Wildman–Crippen MR) is 73.1 cm³/mol. The first-order valence-electron chi connectivity index (χ1n) is 6.66. The summed E-state index contributed by atoms with van der Waals surface area (Å²) in [6.07, 6.45) is 0.154. The molecule has 0 aliphatic carbocycles. The van der Waals surface area contributed by atoms with Crippen LogP contribution in [0.1, 0.15) is 39.4 Å². The van der Waals surface area contributed by atoms with Gasteiger partial charge in [0.15, 0.2) is 0 Å². The Morgan fingerprint density at radius 2 is 1.78 bits per heavy atom. The molecule has 0 amide bonds. The maximum atomic E-state index is 12.9. The van der Waals surface area contributed by atoms with Crippen LogP contribution in [0.2, 0.25) is 0 Å². The highest BCUT2D eigenvalue weighted by molar-refractivity contribution is 5.19. The zero-order valence-corrected chi connectivity index (χ0v) is 11.7. The molecule has 0 aliphatic rings. The molecular weight excluding hydrogens is 229 g/mol. The zero-order valence-electron chi connectivity index (χ0n) is 11.7. The van der Waals surface area contributed by atoms with Crippen molar-refractivity contribution in [3.05, 3.63) is 35.6 Å². The van der Waals surface area contributed by atoms with E-state index in [0.717, 1.165) is 18.7 Å². The zero-order chi connectivity index (χ0) is 13.5. The molecule has 0 fully saturated rings. The fraction of sp³-hybridized carbons (Fsp3) is 0.600. The van der Waals surface area contributed by atoms with Gasteiger partial charge in [-0.1, -0.05) is 32.9 Å². The van der Waals surface area contributed by atoms with Crippen LogP contribution >= 0.6 is 0 Å². The normalized spacial score (nSPS) is 14.8. The van der Waals surface area contributed by atoms with Crippen molar-refractivity contribution in [2.75, 3.05) is 13.1 Å². The van der Waals surface area contributed by atoms with Crippen molar-refractivity contribution in [3.8, 4) is 0 Å². The summed E-state index contributed by atoms with van der Waals surface area (Å²) in [7, 11) is 0. The second-order valence-corrected chi connectivity index (χ2v) is 4.93. The van der Waals surface area contributed by atoms with Gasteiger partial charge in [-0.3, -0.25) is 0 Å². The van der Waals surface area contributed by atoms with E-state index in [0.29, 0.717) is 5.92 Å². The third-order valence-electron chi connectivity index (χ3n) is 3.14. The molecule has 102 valence electrons. The van der Waals surface area contributed by atoms with Gasteiger partial charge in [-0.05, 0) is 37.1 Å². The summed E-state index contributed by atoms with van der Waals surface area (Å²) in [5.74, 6) is 0.257. The molecule has 0 saturated carbocycles. The fourth-order valence-corrected chi connectivity index (χ4v) is 1.61. The highest BCUT2D eigenvalue weighted by Gasteiger charge is 2.17. The molecule has 0 bridgehead atoms. The monoisotopic (exact) mass is 253 g/mol. The summed E-state index contributed by atoms with van der Waals surface area (Å²) in [6, 6.07) is 6.56. The molecular formula is C15H24FNO. The molecule has 0 saturated heterocycles. The van der Waals surface area contributed by atoms with Gasteiger partial charge >= 0.3 is 0 Å². The van der Waals surface area contributed by atoms with Crippen LogP contribution in [0.5, 0.6) is 0 Å². The minimum atomic E-state index is -0.210. The molecule has 0 radical (unpaired) electrons. The van der Waals surface area contributed by atoms with E-state index in [-0.39, 0.29) is 18.0 Å². The summed E-state index contributed by atoms with van der Waals surface area (Å²) < 4.78 is 19.0. The SMILES string of the molecule is CCNCC(OC(C)C(C)C)c1ccc(F)cc1. The van der Waals surface area contributed by atoms with Crippen LogP contribution in [0.25, 0.3) is 0 Å². The van der Waals surface area contributed by atoms with Gasteiger partial charge in [0.05, 0.1) is 12.2 Å². The van der Waals surface area contributed by atoms with Crippen LogP contribution in [0, 0.1) is 11.7 Å². The molecule has 2 nitrogen and oxygen atoms in total. The van der Waals surface area contributed by atoms with E-state index in [1.807, 2.05) is 0 Å². The number of halogens is 1. The minimum Gasteiger partial charge on any atom is -0.369 e. The Morgan fingerprint density at radius 3 is 2.28 bits per heavy atom. The van der Waals surface area contributed by atoms with E-state index in [9.17, 15) is 4.39 Å². The van der Waals surface area contributed by atoms with Crippen LogP contribution in [0.4, 0.5) is 4.39 Å². The Hall–Kier alpha value is -0.930. The van der Waals surface area contributed by atoms with Crippen molar-refractivity contribution in [2.24, 2.45) is 5.92 Å². The number of benzene rings is 1. The Morgan fingerprint density at radius 1 is 1.17 bits per heavy atom. The van der Waals surface area contributed by atoms with Crippen LogP contribution in [0.3, 0.4) is 0 Å². The van der Waals surface area contributed by atoms with Gasteiger partial charge < -0.3 is 10.1 Å². The largest absolute Gasteiger partial charge is 0.369 e. The maximum Gasteiger partial charge on any atom is 0.123 e. The Kier molecular flexibility index (Phi) is 6.30. The van der Waals surface area contributed by atoms with Crippen molar-refractivity contribution in [1.82, 2.24) is 5.32 Å². The van der Waals surface area contributed by atoms with Crippen molar-refractivity contribution >= 4 is 0 Å². The van der Waals surface area contributed by atoms with Crippen molar-refractivity contribution in [1.29, 1.82) is 0 Å². The van der Waals surface area contributed by atoms with E-state index < -0.39 is 0 Å². The van der Waals surface area contributed by atoms with Gasteiger partial charge in [-0.25, -0.2) is 4.39 Å². The first-order chi connectivity index (χ1) is 8.54. The van der Waals surface area contributed by atoms with E-state index in [4.69, 9.17) is 4.74 Å². The van der Waals surface area contributed by atoms with E-state index >= 15 is 0 Å². The maximum absolute atomic E-state index is 12.9. The van der Waals surface area contributed by atoms with E-state index in [2.05, 4.69) is 33.0 Å². The standard InChI is InChI=1S/C15H24FNO/c1-5-17-10-15(18-12(4)11(2)3)13-6-8-14(16)9-7-13/h6-9,11-12,15,17H,5,10H2,1-4H3. The lowest BCUT2D eigenvalue weighted by molar-refractivity contribution is -0.0257. The molecule has 0 spiro atoms. The average molecular weight is 253 g/mol. The van der Waals surface area contributed by atoms with Crippen molar-refractivity contribution in [2.45, 2.75) is 39.9 Å². The second kappa shape index (κ2) is 7.49. The summed E-state index contributed by atoms with van der Waals surface area (Å²) in [5, 5.41) is 3.29.